The Labute approximate surface area is 70.0 Å². The second kappa shape index (κ2) is 2.77. The molecule has 1 aromatic rings. The van der Waals surface area contributed by atoms with E-state index < -0.39 is 4.33 Å². The monoisotopic (exact) mass is 175 g/mol. The molecule has 1 nitrogen and oxygen atoms in total. The van der Waals surface area contributed by atoms with Crippen LogP contribution >= 0.6 is 23.2 Å². The molecule has 0 aliphatic heterocycles. The first-order valence-electron chi connectivity index (χ1n) is 2.90. The molecule has 3 heteroatoms. The molecule has 0 fully saturated rings. The molecule has 0 spiro atoms. The van der Waals surface area contributed by atoms with Crippen molar-refractivity contribution in [1.82, 2.24) is 4.98 Å². The zero-order valence-corrected chi connectivity index (χ0v) is 7.02. The molecule has 1 rings (SSSR count). The van der Waals surface area contributed by atoms with Crippen molar-refractivity contribution < 1.29 is 0 Å². The molecule has 0 bridgehead atoms. The van der Waals surface area contributed by atoms with Crippen molar-refractivity contribution in [3.63, 3.8) is 0 Å². The van der Waals surface area contributed by atoms with E-state index in [4.69, 9.17) is 23.2 Å². The highest BCUT2D eigenvalue weighted by Crippen LogP contribution is 2.30. The summed E-state index contributed by atoms with van der Waals surface area (Å²) < 4.78 is -0.874. The fraction of sp³-hybridized carbons (Fsp3) is 0.286. The third-order valence-electron chi connectivity index (χ3n) is 1.11. The van der Waals surface area contributed by atoms with Crippen LogP contribution in [0, 0.1) is 0 Å². The third kappa shape index (κ3) is 1.86. The van der Waals surface area contributed by atoms with Gasteiger partial charge in [0, 0.05) is 6.20 Å². The Morgan fingerprint density at radius 2 is 2.10 bits per heavy atom. The lowest BCUT2D eigenvalue weighted by molar-refractivity contribution is 0.911. The number of rotatable bonds is 1. The minimum Gasteiger partial charge on any atom is -0.258 e. The van der Waals surface area contributed by atoms with E-state index in [9.17, 15) is 0 Å². The van der Waals surface area contributed by atoms with E-state index in [1.165, 1.54) is 0 Å². The van der Waals surface area contributed by atoms with E-state index in [-0.39, 0.29) is 0 Å². The van der Waals surface area contributed by atoms with E-state index >= 15 is 0 Å². The van der Waals surface area contributed by atoms with Gasteiger partial charge in [-0.15, -0.1) is 0 Å². The maximum Gasteiger partial charge on any atom is 0.157 e. The molecule has 0 radical (unpaired) electrons. The average molecular weight is 176 g/mol. The fourth-order valence-electron chi connectivity index (χ4n) is 0.622. The molecule has 0 saturated heterocycles. The van der Waals surface area contributed by atoms with Crippen LogP contribution in [-0.4, -0.2) is 4.98 Å². The topological polar surface area (TPSA) is 12.9 Å². The molecule has 54 valence electrons. The van der Waals surface area contributed by atoms with E-state index in [1.54, 1.807) is 19.2 Å². The van der Waals surface area contributed by atoms with Gasteiger partial charge in [-0.2, -0.15) is 0 Å². The molecule has 1 aromatic heterocycles. The molecular formula is C7H7Cl2N. The first kappa shape index (κ1) is 7.83. The van der Waals surface area contributed by atoms with Crippen LogP contribution in [-0.2, 0) is 4.33 Å². The van der Waals surface area contributed by atoms with E-state index in [0.29, 0.717) is 5.69 Å². The Kier molecular flexibility index (Phi) is 2.17. The summed E-state index contributed by atoms with van der Waals surface area (Å²) in [6.45, 7) is 1.69. The van der Waals surface area contributed by atoms with Crippen LogP contribution in [0.3, 0.4) is 0 Å². The summed E-state index contributed by atoms with van der Waals surface area (Å²) in [7, 11) is 0. The highest BCUT2D eigenvalue weighted by Gasteiger charge is 2.19. The second-order valence-electron chi connectivity index (χ2n) is 2.10. The molecule has 0 N–H and O–H groups in total. The lowest BCUT2D eigenvalue weighted by Crippen LogP contribution is -2.05. The van der Waals surface area contributed by atoms with Gasteiger partial charge in [-0.25, -0.2) is 0 Å². The number of alkyl halides is 2. The number of halogens is 2. The normalized spacial score (nSPS) is 11.5. The van der Waals surface area contributed by atoms with Crippen LogP contribution in [0.2, 0.25) is 0 Å². The third-order valence-corrected chi connectivity index (χ3v) is 1.50. The van der Waals surface area contributed by atoms with E-state index in [1.807, 2.05) is 12.1 Å². The van der Waals surface area contributed by atoms with Crippen LogP contribution in [0.5, 0.6) is 0 Å². The summed E-state index contributed by atoms with van der Waals surface area (Å²) in [6.07, 6.45) is 1.67. The molecule has 0 aliphatic carbocycles. The highest BCUT2D eigenvalue weighted by atomic mass is 35.5. The molecule has 0 unspecified atom stereocenters. The van der Waals surface area contributed by atoms with Crippen molar-refractivity contribution in [3.8, 4) is 0 Å². The van der Waals surface area contributed by atoms with Gasteiger partial charge in [0.1, 0.15) is 0 Å². The summed E-state index contributed by atoms with van der Waals surface area (Å²) in [4.78, 5) is 3.99. The Morgan fingerprint density at radius 1 is 1.40 bits per heavy atom. The molecular weight excluding hydrogens is 169 g/mol. The first-order valence-corrected chi connectivity index (χ1v) is 3.65. The Bertz CT molecular complexity index is 203. The molecule has 0 aliphatic rings. The van der Waals surface area contributed by atoms with Crippen LogP contribution in [0.25, 0.3) is 0 Å². The van der Waals surface area contributed by atoms with Crippen molar-refractivity contribution >= 4 is 23.2 Å². The van der Waals surface area contributed by atoms with Crippen LogP contribution in [0.1, 0.15) is 12.6 Å². The molecule has 10 heavy (non-hydrogen) atoms. The Balaban J connectivity index is 2.97. The Morgan fingerprint density at radius 3 is 2.40 bits per heavy atom. The Hall–Kier alpha value is -0.270. The zero-order valence-electron chi connectivity index (χ0n) is 5.51. The second-order valence-corrected chi connectivity index (χ2v) is 3.81. The summed E-state index contributed by atoms with van der Waals surface area (Å²) in [5, 5.41) is 0. The van der Waals surface area contributed by atoms with Crippen molar-refractivity contribution in [2.75, 3.05) is 0 Å². The summed E-state index contributed by atoms with van der Waals surface area (Å²) in [6, 6.07) is 5.47. The number of aromatic nitrogens is 1. The van der Waals surface area contributed by atoms with Crippen molar-refractivity contribution in [2.24, 2.45) is 0 Å². The van der Waals surface area contributed by atoms with Crippen LogP contribution in [0.4, 0.5) is 0 Å². The van der Waals surface area contributed by atoms with Gasteiger partial charge >= 0.3 is 0 Å². The highest BCUT2D eigenvalue weighted by molar-refractivity contribution is 6.47. The largest absolute Gasteiger partial charge is 0.258 e. The van der Waals surface area contributed by atoms with E-state index in [0.717, 1.165) is 0 Å². The maximum absolute atomic E-state index is 5.76. The number of nitrogens with zero attached hydrogens (tertiary/aromatic N) is 1. The molecule has 0 aromatic carbocycles. The van der Waals surface area contributed by atoms with Crippen molar-refractivity contribution in [1.29, 1.82) is 0 Å². The number of pyridine rings is 1. The number of hydrogen-bond acceptors (Lipinski definition) is 1. The van der Waals surface area contributed by atoms with Gasteiger partial charge in [-0.05, 0) is 19.1 Å². The number of hydrogen-bond donors (Lipinski definition) is 0. The lowest BCUT2D eigenvalue weighted by atomic mass is 10.3. The van der Waals surface area contributed by atoms with Crippen LogP contribution in [0.15, 0.2) is 24.4 Å². The van der Waals surface area contributed by atoms with Crippen molar-refractivity contribution in [3.05, 3.63) is 30.1 Å². The summed E-state index contributed by atoms with van der Waals surface area (Å²) >= 11 is 11.5. The predicted molar refractivity (Wildman–Crippen MR) is 43.3 cm³/mol. The van der Waals surface area contributed by atoms with Crippen molar-refractivity contribution in [2.45, 2.75) is 11.3 Å². The van der Waals surface area contributed by atoms with Gasteiger partial charge in [0.05, 0.1) is 5.69 Å². The lowest BCUT2D eigenvalue weighted by Gasteiger charge is -2.10. The van der Waals surface area contributed by atoms with Gasteiger partial charge in [0.15, 0.2) is 4.33 Å². The van der Waals surface area contributed by atoms with E-state index in [2.05, 4.69) is 4.98 Å². The van der Waals surface area contributed by atoms with Gasteiger partial charge in [0.25, 0.3) is 0 Å². The quantitative estimate of drug-likeness (QED) is 0.599. The van der Waals surface area contributed by atoms with Gasteiger partial charge in [-0.1, -0.05) is 29.3 Å². The smallest absolute Gasteiger partial charge is 0.157 e. The first-order chi connectivity index (χ1) is 4.61. The summed E-state index contributed by atoms with van der Waals surface area (Å²) in [5.74, 6) is 0. The molecule has 0 saturated carbocycles. The zero-order chi connectivity index (χ0) is 7.61. The maximum atomic E-state index is 5.76. The fourth-order valence-corrected chi connectivity index (χ4v) is 0.846. The predicted octanol–water partition coefficient (Wildman–Crippen LogP) is 2.73. The molecule has 1 heterocycles. The molecule has 0 atom stereocenters. The standard InChI is InChI=1S/C7H7Cl2N/c1-7(8,9)6-4-2-3-5-10-6/h2-5H,1H3. The summed E-state index contributed by atoms with van der Waals surface area (Å²) in [5.41, 5.74) is 0.679. The minimum atomic E-state index is -0.874. The van der Waals surface area contributed by atoms with Gasteiger partial charge < -0.3 is 0 Å². The van der Waals surface area contributed by atoms with Gasteiger partial charge in [-0.3, -0.25) is 4.98 Å². The average Bonchev–Trinajstić information content (AvgIpc) is 1.88. The SMILES string of the molecule is CC(Cl)(Cl)c1ccccn1. The minimum absolute atomic E-state index is 0.679. The van der Waals surface area contributed by atoms with Crippen LogP contribution < -0.4 is 0 Å². The van der Waals surface area contributed by atoms with Gasteiger partial charge in [0.2, 0.25) is 0 Å². The molecule has 0 amide bonds.